The van der Waals surface area contributed by atoms with Crippen LogP contribution in [-0.4, -0.2) is 38.1 Å². The Labute approximate surface area is 160 Å². The van der Waals surface area contributed by atoms with Crippen LogP contribution in [0.5, 0.6) is 0 Å². The van der Waals surface area contributed by atoms with E-state index in [2.05, 4.69) is 70.3 Å². The quantitative estimate of drug-likeness (QED) is 0.631. The van der Waals surface area contributed by atoms with Crippen LogP contribution in [-0.2, 0) is 11.3 Å². The number of nitrogens with zero attached hydrogens (tertiary/aromatic N) is 2. The Balaban J connectivity index is 1.61. The lowest BCUT2D eigenvalue weighted by atomic mass is 9.89. The van der Waals surface area contributed by atoms with Crippen LogP contribution in [0.25, 0.3) is 0 Å². The monoisotopic (exact) mass is 371 g/mol. The van der Waals surface area contributed by atoms with Gasteiger partial charge in [-0.25, -0.2) is 0 Å². The number of nitrogens with one attached hydrogen (secondary N) is 1. The zero-order chi connectivity index (χ0) is 18.4. The Bertz CT molecular complexity index is 697. The smallest absolute Gasteiger partial charge is 0.193 e. The summed E-state index contributed by atoms with van der Waals surface area (Å²) in [5, 5.41) is 7.86. The van der Waals surface area contributed by atoms with Gasteiger partial charge < -0.3 is 15.0 Å². The average molecular weight is 372 g/mol. The SMILES string of the molecule is CN=C(NCC1CCCOC1c1ccc(C)cc1)N(C)Cc1ccsc1. The van der Waals surface area contributed by atoms with Crippen molar-refractivity contribution in [3.8, 4) is 0 Å². The summed E-state index contributed by atoms with van der Waals surface area (Å²) in [6, 6.07) is 10.9. The van der Waals surface area contributed by atoms with Gasteiger partial charge in [-0.05, 0) is 47.7 Å². The van der Waals surface area contributed by atoms with Crippen LogP contribution in [0.15, 0.2) is 46.1 Å². The number of aliphatic imine (C=N–C) groups is 1. The molecule has 1 aliphatic rings. The Kier molecular flexibility index (Phi) is 6.69. The fraction of sp³-hybridized carbons (Fsp3) is 0.476. The van der Waals surface area contributed by atoms with Crippen LogP contribution >= 0.6 is 11.3 Å². The molecular formula is C21H29N3OS. The van der Waals surface area contributed by atoms with Crippen molar-refractivity contribution in [3.05, 3.63) is 57.8 Å². The Hall–Kier alpha value is -1.85. The van der Waals surface area contributed by atoms with E-state index in [9.17, 15) is 0 Å². The summed E-state index contributed by atoms with van der Waals surface area (Å²) in [7, 11) is 3.93. The van der Waals surface area contributed by atoms with Crippen molar-refractivity contribution >= 4 is 17.3 Å². The molecule has 0 saturated carbocycles. The molecule has 1 saturated heterocycles. The lowest BCUT2D eigenvalue weighted by Crippen LogP contribution is -2.42. The highest BCUT2D eigenvalue weighted by Crippen LogP contribution is 2.33. The third-order valence-corrected chi connectivity index (χ3v) is 5.68. The highest BCUT2D eigenvalue weighted by atomic mass is 32.1. The summed E-state index contributed by atoms with van der Waals surface area (Å²) < 4.78 is 6.14. The maximum atomic E-state index is 6.14. The minimum Gasteiger partial charge on any atom is -0.373 e. The second kappa shape index (κ2) is 9.19. The van der Waals surface area contributed by atoms with Crippen LogP contribution < -0.4 is 5.32 Å². The van der Waals surface area contributed by atoms with Gasteiger partial charge in [0.05, 0.1) is 6.10 Å². The molecule has 4 nitrogen and oxygen atoms in total. The van der Waals surface area contributed by atoms with Crippen LogP contribution in [0.2, 0.25) is 0 Å². The molecular weight excluding hydrogens is 342 g/mol. The van der Waals surface area contributed by atoms with E-state index in [0.29, 0.717) is 5.92 Å². The number of hydrogen-bond acceptors (Lipinski definition) is 3. The van der Waals surface area contributed by atoms with E-state index in [-0.39, 0.29) is 6.10 Å². The maximum absolute atomic E-state index is 6.14. The molecule has 3 rings (SSSR count). The molecule has 2 aromatic rings. The zero-order valence-corrected chi connectivity index (χ0v) is 16.8. The third-order valence-electron chi connectivity index (χ3n) is 4.95. The van der Waals surface area contributed by atoms with Gasteiger partial charge in [-0.15, -0.1) is 0 Å². The molecule has 0 bridgehead atoms. The number of aryl methyl sites for hydroxylation is 1. The third kappa shape index (κ3) is 4.86. The molecule has 1 aromatic carbocycles. The van der Waals surface area contributed by atoms with Gasteiger partial charge in [0.15, 0.2) is 5.96 Å². The van der Waals surface area contributed by atoms with E-state index >= 15 is 0 Å². The van der Waals surface area contributed by atoms with E-state index in [1.807, 2.05) is 7.05 Å². The Morgan fingerprint density at radius 2 is 2.12 bits per heavy atom. The average Bonchev–Trinajstić information content (AvgIpc) is 3.16. The number of rotatable bonds is 5. The Morgan fingerprint density at radius 1 is 1.31 bits per heavy atom. The first kappa shape index (κ1) is 18.9. The van der Waals surface area contributed by atoms with E-state index in [0.717, 1.165) is 32.1 Å². The maximum Gasteiger partial charge on any atom is 0.193 e. The molecule has 26 heavy (non-hydrogen) atoms. The van der Waals surface area contributed by atoms with Gasteiger partial charge in [0.1, 0.15) is 0 Å². The summed E-state index contributed by atoms with van der Waals surface area (Å²) in [4.78, 5) is 6.63. The number of hydrogen-bond donors (Lipinski definition) is 1. The standard InChI is InChI=1S/C21H29N3OS/c1-16-6-8-18(9-7-16)20-19(5-4-11-25-20)13-23-21(22-2)24(3)14-17-10-12-26-15-17/h6-10,12,15,19-20H,4-5,11,13-14H2,1-3H3,(H,22,23). The van der Waals surface area contributed by atoms with Gasteiger partial charge in [0.2, 0.25) is 0 Å². The molecule has 2 atom stereocenters. The molecule has 5 heteroatoms. The van der Waals surface area contributed by atoms with Gasteiger partial charge in [0, 0.05) is 39.7 Å². The van der Waals surface area contributed by atoms with Crippen molar-refractivity contribution in [2.24, 2.45) is 10.9 Å². The van der Waals surface area contributed by atoms with Gasteiger partial charge in [-0.2, -0.15) is 11.3 Å². The summed E-state index contributed by atoms with van der Waals surface area (Å²) in [5.41, 5.74) is 3.89. The fourth-order valence-electron chi connectivity index (χ4n) is 3.52. The predicted octanol–water partition coefficient (Wildman–Crippen LogP) is 4.23. The van der Waals surface area contributed by atoms with Crippen LogP contribution in [0.4, 0.5) is 0 Å². The van der Waals surface area contributed by atoms with Crippen molar-refractivity contribution in [1.29, 1.82) is 0 Å². The lowest BCUT2D eigenvalue weighted by Gasteiger charge is -2.33. The topological polar surface area (TPSA) is 36.9 Å². The normalized spacial score (nSPS) is 20.8. The van der Waals surface area contributed by atoms with Crippen molar-refractivity contribution in [3.63, 3.8) is 0 Å². The van der Waals surface area contributed by atoms with Gasteiger partial charge >= 0.3 is 0 Å². The molecule has 1 N–H and O–H groups in total. The molecule has 2 heterocycles. The number of guanidine groups is 1. The Morgan fingerprint density at radius 3 is 2.81 bits per heavy atom. The summed E-state index contributed by atoms with van der Waals surface area (Å²) in [6.07, 6.45) is 2.46. The van der Waals surface area contributed by atoms with Crippen molar-refractivity contribution in [2.75, 3.05) is 27.2 Å². The number of thiophene rings is 1. The molecule has 140 valence electrons. The highest BCUT2D eigenvalue weighted by molar-refractivity contribution is 7.07. The van der Waals surface area contributed by atoms with Crippen molar-refractivity contribution in [1.82, 2.24) is 10.2 Å². The van der Waals surface area contributed by atoms with E-state index in [1.165, 1.54) is 23.1 Å². The predicted molar refractivity (Wildman–Crippen MR) is 110 cm³/mol. The zero-order valence-electron chi connectivity index (χ0n) is 15.9. The first-order chi connectivity index (χ1) is 12.7. The van der Waals surface area contributed by atoms with E-state index < -0.39 is 0 Å². The minimum atomic E-state index is 0.164. The first-order valence-electron chi connectivity index (χ1n) is 9.28. The molecule has 0 spiro atoms. The fourth-order valence-corrected chi connectivity index (χ4v) is 4.18. The van der Waals surface area contributed by atoms with Gasteiger partial charge in [0.25, 0.3) is 0 Å². The lowest BCUT2D eigenvalue weighted by molar-refractivity contribution is -0.0266. The summed E-state index contributed by atoms with van der Waals surface area (Å²) >= 11 is 1.73. The number of ether oxygens (including phenoxy) is 1. The van der Waals surface area contributed by atoms with Crippen LogP contribution in [0.1, 0.15) is 35.6 Å². The van der Waals surface area contributed by atoms with Crippen LogP contribution in [0.3, 0.4) is 0 Å². The second-order valence-electron chi connectivity index (χ2n) is 7.02. The molecule has 1 aromatic heterocycles. The molecule has 2 unspecified atom stereocenters. The van der Waals surface area contributed by atoms with Crippen molar-refractivity contribution < 1.29 is 4.74 Å². The molecule has 1 aliphatic heterocycles. The summed E-state index contributed by atoms with van der Waals surface area (Å²) in [5.74, 6) is 1.39. The second-order valence-corrected chi connectivity index (χ2v) is 7.80. The molecule has 0 aliphatic carbocycles. The van der Waals surface area contributed by atoms with Crippen LogP contribution in [0, 0.1) is 12.8 Å². The van der Waals surface area contributed by atoms with Gasteiger partial charge in [-0.1, -0.05) is 29.8 Å². The number of benzene rings is 1. The first-order valence-corrected chi connectivity index (χ1v) is 10.2. The molecule has 0 radical (unpaired) electrons. The van der Waals surface area contributed by atoms with E-state index in [4.69, 9.17) is 4.74 Å². The largest absolute Gasteiger partial charge is 0.373 e. The molecule has 1 fully saturated rings. The van der Waals surface area contributed by atoms with E-state index in [1.54, 1.807) is 11.3 Å². The summed E-state index contributed by atoms with van der Waals surface area (Å²) in [6.45, 7) is 4.71. The minimum absolute atomic E-state index is 0.164. The van der Waals surface area contributed by atoms with Gasteiger partial charge in [-0.3, -0.25) is 4.99 Å². The highest BCUT2D eigenvalue weighted by Gasteiger charge is 2.27. The van der Waals surface area contributed by atoms with Crippen molar-refractivity contribution in [2.45, 2.75) is 32.4 Å². The molecule has 0 amide bonds.